The largest absolute Gasteiger partial charge is 0.462 e. The van der Waals surface area contributed by atoms with Gasteiger partial charge in [-0.3, -0.25) is 0 Å². The van der Waals surface area contributed by atoms with Crippen LogP contribution in [-0.4, -0.2) is 12.6 Å². The molecule has 0 atom stereocenters. The second-order valence-corrected chi connectivity index (χ2v) is 9.18. The van der Waals surface area contributed by atoms with Gasteiger partial charge < -0.3 is 4.74 Å². The van der Waals surface area contributed by atoms with Gasteiger partial charge in [0.15, 0.2) is 0 Å². The van der Waals surface area contributed by atoms with Crippen molar-refractivity contribution in [3.63, 3.8) is 0 Å². The topological polar surface area (TPSA) is 26.3 Å². The summed E-state index contributed by atoms with van der Waals surface area (Å²) in [5, 5.41) is 0. The summed E-state index contributed by atoms with van der Waals surface area (Å²) >= 11 is 0. The summed E-state index contributed by atoms with van der Waals surface area (Å²) in [4.78, 5) is 12.0. The Hall–Kier alpha value is -0.790. The minimum absolute atomic E-state index is 0.113. The number of carbonyl (C=O) groups is 1. The molecule has 0 aliphatic heterocycles. The summed E-state index contributed by atoms with van der Waals surface area (Å²) in [5.41, 5.74) is 0.790. The van der Waals surface area contributed by atoms with Crippen LogP contribution in [0.1, 0.15) is 156 Å². The lowest BCUT2D eigenvalue weighted by Gasteiger charge is -2.06. The highest BCUT2D eigenvalue weighted by molar-refractivity contribution is 5.87. The number of rotatable bonds is 23. The smallest absolute Gasteiger partial charge is 0.333 e. The fourth-order valence-electron chi connectivity index (χ4n) is 3.90. The molecule has 0 aromatic heterocycles. The van der Waals surface area contributed by atoms with Crippen molar-refractivity contribution in [2.45, 2.75) is 156 Å². The first-order chi connectivity index (χ1) is 14.7. The molecule has 2 nitrogen and oxygen atoms in total. The monoisotopic (exact) mass is 422 g/mol. The van der Waals surface area contributed by atoms with Gasteiger partial charge in [-0.05, 0) is 26.2 Å². The van der Waals surface area contributed by atoms with Crippen LogP contribution in [-0.2, 0) is 9.53 Å². The second-order valence-electron chi connectivity index (χ2n) is 9.18. The van der Waals surface area contributed by atoms with E-state index in [0.717, 1.165) is 18.4 Å². The van der Waals surface area contributed by atoms with Crippen molar-refractivity contribution in [3.8, 4) is 0 Å². The van der Waals surface area contributed by atoms with Crippen molar-refractivity contribution in [2.75, 3.05) is 6.61 Å². The Kier molecular flexibility index (Phi) is 23.8. The molecule has 0 saturated carbocycles. The molecule has 0 heterocycles. The first-order valence-electron chi connectivity index (χ1n) is 13.6. The summed E-state index contributed by atoms with van der Waals surface area (Å²) in [7, 11) is 0. The number of hydrogen-bond donors (Lipinski definition) is 0. The number of allylic oxidation sites excluding steroid dienone is 1. The molecule has 0 aliphatic carbocycles. The van der Waals surface area contributed by atoms with Gasteiger partial charge in [-0.15, -0.1) is 0 Å². The Labute approximate surface area is 189 Å². The Morgan fingerprint density at radius 3 is 1.37 bits per heavy atom. The molecule has 0 unspecified atom stereocenters. The predicted octanol–water partition coefficient (Wildman–Crippen LogP) is 9.71. The molecule has 0 fully saturated rings. The molecule has 0 spiro atoms. The van der Waals surface area contributed by atoms with Crippen LogP contribution in [0.3, 0.4) is 0 Å². The van der Waals surface area contributed by atoms with Gasteiger partial charge in [0.1, 0.15) is 0 Å². The van der Waals surface area contributed by atoms with E-state index in [0.29, 0.717) is 6.61 Å². The third kappa shape index (κ3) is 21.9. The van der Waals surface area contributed by atoms with Gasteiger partial charge in [-0.2, -0.15) is 0 Å². The molecular weight excluding hydrogens is 368 g/mol. The van der Waals surface area contributed by atoms with Crippen molar-refractivity contribution >= 4 is 5.97 Å². The zero-order chi connectivity index (χ0) is 22.1. The average molecular weight is 423 g/mol. The molecule has 0 aliphatic rings. The van der Waals surface area contributed by atoms with E-state index in [4.69, 9.17) is 4.74 Å². The van der Waals surface area contributed by atoms with E-state index in [1.165, 1.54) is 122 Å². The predicted molar refractivity (Wildman–Crippen MR) is 133 cm³/mol. The van der Waals surface area contributed by atoms with Gasteiger partial charge in [0, 0.05) is 5.57 Å². The summed E-state index contributed by atoms with van der Waals surface area (Å²) < 4.78 is 5.42. The van der Waals surface area contributed by atoms with E-state index in [2.05, 4.69) is 19.9 Å². The van der Waals surface area contributed by atoms with Gasteiger partial charge in [0.2, 0.25) is 0 Å². The van der Waals surface area contributed by atoms with Crippen LogP contribution in [0.5, 0.6) is 0 Å². The van der Waals surface area contributed by atoms with Crippen LogP contribution >= 0.6 is 0 Å². The maximum Gasteiger partial charge on any atom is 0.333 e. The van der Waals surface area contributed by atoms with Crippen LogP contribution in [0.15, 0.2) is 11.6 Å². The minimum atomic E-state index is -0.113. The molecule has 30 heavy (non-hydrogen) atoms. The third-order valence-electron chi connectivity index (χ3n) is 6.06. The number of ether oxygens (including phenoxy) is 1. The number of hydrogen-bond acceptors (Lipinski definition) is 2. The zero-order valence-electron chi connectivity index (χ0n) is 21.0. The Balaban J connectivity index is 3.41. The van der Waals surface area contributed by atoms with Crippen LogP contribution in [0, 0.1) is 0 Å². The molecule has 0 amide bonds. The van der Waals surface area contributed by atoms with Crippen molar-refractivity contribution in [2.24, 2.45) is 0 Å². The van der Waals surface area contributed by atoms with Gasteiger partial charge in [-0.25, -0.2) is 4.79 Å². The summed E-state index contributed by atoms with van der Waals surface area (Å²) in [6.07, 6.45) is 29.7. The van der Waals surface area contributed by atoms with E-state index in [1.54, 1.807) is 0 Å². The number of carbonyl (C=O) groups excluding carboxylic acids is 1. The minimum Gasteiger partial charge on any atom is -0.462 e. The SMILES string of the molecule is CCCCCCCCCCCC/C=C(\C)C(=O)OCCCCCCCCCCCC. The molecule has 0 N–H and O–H groups in total. The van der Waals surface area contributed by atoms with Crippen LogP contribution < -0.4 is 0 Å². The highest BCUT2D eigenvalue weighted by Crippen LogP contribution is 2.13. The van der Waals surface area contributed by atoms with Crippen molar-refractivity contribution in [3.05, 3.63) is 11.6 Å². The van der Waals surface area contributed by atoms with E-state index < -0.39 is 0 Å². The maximum atomic E-state index is 12.0. The molecule has 0 aromatic carbocycles. The lowest BCUT2D eigenvalue weighted by atomic mass is 10.1. The van der Waals surface area contributed by atoms with Crippen molar-refractivity contribution in [1.82, 2.24) is 0 Å². The van der Waals surface area contributed by atoms with Crippen LogP contribution in [0.25, 0.3) is 0 Å². The van der Waals surface area contributed by atoms with E-state index in [9.17, 15) is 4.79 Å². The molecule has 0 rings (SSSR count). The summed E-state index contributed by atoms with van der Waals surface area (Å²) in [6.45, 7) is 7.02. The summed E-state index contributed by atoms with van der Waals surface area (Å²) in [5.74, 6) is -0.113. The normalized spacial score (nSPS) is 11.8. The Bertz CT molecular complexity index is 386. The van der Waals surface area contributed by atoms with Crippen molar-refractivity contribution in [1.29, 1.82) is 0 Å². The first kappa shape index (κ1) is 29.2. The van der Waals surface area contributed by atoms with E-state index in [1.807, 2.05) is 6.92 Å². The molecule has 0 radical (unpaired) electrons. The van der Waals surface area contributed by atoms with Crippen LogP contribution in [0.4, 0.5) is 0 Å². The maximum absolute atomic E-state index is 12.0. The van der Waals surface area contributed by atoms with Gasteiger partial charge in [0.25, 0.3) is 0 Å². The molecule has 2 heteroatoms. The first-order valence-corrected chi connectivity index (χ1v) is 13.6. The fraction of sp³-hybridized carbons (Fsp3) is 0.893. The second kappa shape index (κ2) is 24.5. The van der Waals surface area contributed by atoms with Gasteiger partial charge >= 0.3 is 5.97 Å². The number of unbranched alkanes of at least 4 members (excludes halogenated alkanes) is 19. The van der Waals surface area contributed by atoms with E-state index >= 15 is 0 Å². The fourth-order valence-corrected chi connectivity index (χ4v) is 3.90. The summed E-state index contributed by atoms with van der Waals surface area (Å²) in [6, 6.07) is 0. The quantitative estimate of drug-likeness (QED) is 0.0930. The lowest BCUT2D eigenvalue weighted by molar-refractivity contribution is -0.139. The Morgan fingerprint density at radius 2 is 0.933 bits per heavy atom. The van der Waals surface area contributed by atoms with Crippen molar-refractivity contribution < 1.29 is 9.53 Å². The lowest BCUT2D eigenvalue weighted by Crippen LogP contribution is -2.07. The molecular formula is C28H54O2. The zero-order valence-corrected chi connectivity index (χ0v) is 21.0. The number of esters is 1. The highest BCUT2D eigenvalue weighted by Gasteiger charge is 2.04. The highest BCUT2D eigenvalue weighted by atomic mass is 16.5. The Morgan fingerprint density at radius 1 is 0.567 bits per heavy atom. The average Bonchev–Trinajstić information content (AvgIpc) is 2.75. The standard InChI is InChI=1S/C28H54O2/c1-4-6-8-10-12-14-16-17-19-21-23-25-27(3)28(29)30-26-24-22-20-18-15-13-11-9-7-5-2/h25H,4-24,26H2,1-3H3/b27-25+. The van der Waals surface area contributed by atoms with Gasteiger partial charge in [-0.1, -0.05) is 135 Å². The third-order valence-corrected chi connectivity index (χ3v) is 6.06. The molecule has 0 saturated heterocycles. The van der Waals surface area contributed by atoms with E-state index in [-0.39, 0.29) is 5.97 Å². The molecule has 178 valence electrons. The van der Waals surface area contributed by atoms with Crippen LogP contribution in [0.2, 0.25) is 0 Å². The van der Waals surface area contributed by atoms with Gasteiger partial charge in [0.05, 0.1) is 6.61 Å². The molecule has 0 aromatic rings. The molecule has 0 bridgehead atoms.